The minimum absolute atomic E-state index is 0.0799. The van der Waals surface area contributed by atoms with E-state index in [2.05, 4.69) is 38.2 Å². The van der Waals surface area contributed by atoms with E-state index in [1.807, 2.05) is 6.92 Å². The fourth-order valence-corrected chi connectivity index (χ4v) is 1.31. The zero-order valence-corrected chi connectivity index (χ0v) is 7.50. The van der Waals surface area contributed by atoms with E-state index in [9.17, 15) is 0 Å². The van der Waals surface area contributed by atoms with Crippen LogP contribution >= 0.6 is 0 Å². The maximum absolute atomic E-state index is 5.64. The third-order valence-corrected chi connectivity index (χ3v) is 2.30. The monoisotopic (exact) mass is 152 g/mol. The van der Waals surface area contributed by atoms with E-state index in [0.29, 0.717) is 5.92 Å². The molecule has 1 aliphatic carbocycles. The lowest BCUT2D eigenvalue weighted by atomic mass is 9.87. The van der Waals surface area contributed by atoms with Gasteiger partial charge < -0.3 is 4.74 Å². The molecule has 0 spiro atoms. The van der Waals surface area contributed by atoms with E-state index in [4.69, 9.17) is 4.74 Å². The molecule has 0 bridgehead atoms. The van der Waals surface area contributed by atoms with Gasteiger partial charge in [0.1, 0.15) is 0 Å². The van der Waals surface area contributed by atoms with Crippen molar-refractivity contribution >= 4 is 0 Å². The molecule has 0 fully saturated rings. The van der Waals surface area contributed by atoms with Gasteiger partial charge in [0, 0.05) is 12.5 Å². The third kappa shape index (κ3) is 1.72. The van der Waals surface area contributed by atoms with Crippen LogP contribution in [0.1, 0.15) is 20.8 Å². The van der Waals surface area contributed by atoms with Crippen molar-refractivity contribution in [3.05, 3.63) is 24.3 Å². The largest absolute Gasteiger partial charge is 0.371 e. The normalized spacial score (nSPS) is 36.1. The Balaban J connectivity index is 2.68. The molecular formula is C10H16O. The van der Waals surface area contributed by atoms with E-state index in [-0.39, 0.29) is 5.60 Å². The molecule has 0 amide bonds. The first kappa shape index (κ1) is 8.54. The average Bonchev–Trinajstić information content (AvgIpc) is 1.96. The van der Waals surface area contributed by atoms with Crippen LogP contribution in [0.5, 0.6) is 0 Å². The van der Waals surface area contributed by atoms with Gasteiger partial charge in [-0.05, 0) is 13.8 Å². The van der Waals surface area contributed by atoms with Crippen molar-refractivity contribution in [2.75, 3.05) is 6.61 Å². The first-order valence-corrected chi connectivity index (χ1v) is 4.19. The summed E-state index contributed by atoms with van der Waals surface area (Å²) in [6.07, 6.45) is 8.43. The van der Waals surface area contributed by atoms with Crippen LogP contribution < -0.4 is 0 Å². The summed E-state index contributed by atoms with van der Waals surface area (Å²) in [5.74, 6) is 0.479. The molecule has 2 unspecified atom stereocenters. The van der Waals surface area contributed by atoms with Gasteiger partial charge in [0.2, 0.25) is 0 Å². The van der Waals surface area contributed by atoms with E-state index in [1.165, 1.54) is 0 Å². The van der Waals surface area contributed by atoms with Crippen molar-refractivity contribution in [1.82, 2.24) is 0 Å². The van der Waals surface area contributed by atoms with Crippen molar-refractivity contribution in [2.45, 2.75) is 26.4 Å². The molecule has 62 valence electrons. The van der Waals surface area contributed by atoms with Crippen LogP contribution in [-0.4, -0.2) is 12.2 Å². The van der Waals surface area contributed by atoms with Crippen LogP contribution in [0.4, 0.5) is 0 Å². The van der Waals surface area contributed by atoms with Crippen LogP contribution in [0.2, 0.25) is 0 Å². The number of rotatable bonds is 2. The second kappa shape index (κ2) is 3.22. The van der Waals surface area contributed by atoms with Gasteiger partial charge in [-0.25, -0.2) is 0 Å². The average molecular weight is 152 g/mol. The lowest BCUT2D eigenvalue weighted by molar-refractivity contribution is -0.0131. The van der Waals surface area contributed by atoms with Gasteiger partial charge in [-0.15, -0.1) is 0 Å². The molecule has 1 heteroatoms. The fraction of sp³-hybridized carbons (Fsp3) is 0.600. The van der Waals surface area contributed by atoms with Gasteiger partial charge in [-0.2, -0.15) is 0 Å². The summed E-state index contributed by atoms with van der Waals surface area (Å²) in [7, 11) is 0. The highest BCUT2D eigenvalue weighted by Gasteiger charge is 2.27. The SMILES string of the molecule is CCOC1(C)C=CC=CC1C. The highest BCUT2D eigenvalue weighted by molar-refractivity contribution is 5.20. The van der Waals surface area contributed by atoms with Gasteiger partial charge >= 0.3 is 0 Å². The van der Waals surface area contributed by atoms with Gasteiger partial charge in [0.15, 0.2) is 0 Å². The summed E-state index contributed by atoms with van der Waals surface area (Å²) in [5, 5.41) is 0. The summed E-state index contributed by atoms with van der Waals surface area (Å²) >= 11 is 0. The molecule has 0 radical (unpaired) electrons. The molecule has 1 rings (SSSR count). The zero-order chi connectivity index (χ0) is 8.32. The maximum atomic E-state index is 5.64. The number of hydrogen-bond donors (Lipinski definition) is 0. The molecule has 0 saturated carbocycles. The summed E-state index contributed by atoms with van der Waals surface area (Å²) < 4.78 is 5.64. The lowest BCUT2D eigenvalue weighted by Gasteiger charge is -2.32. The highest BCUT2D eigenvalue weighted by Crippen LogP contribution is 2.27. The Morgan fingerprint density at radius 3 is 2.73 bits per heavy atom. The maximum Gasteiger partial charge on any atom is 0.0897 e. The van der Waals surface area contributed by atoms with Crippen LogP contribution in [-0.2, 0) is 4.74 Å². The first-order valence-electron chi connectivity index (χ1n) is 4.19. The minimum Gasteiger partial charge on any atom is -0.371 e. The van der Waals surface area contributed by atoms with Gasteiger partial charge in [0.05, 0.1) is 5.60 Å². The molecule has 11 heavy (non-hydrogen) atoms. The fourth-order valence-electron chi connectivity index (χ4n) is 1.31. The Bertz CT molecular complexity index is 181. The number of ether oxygens (including phenoxy) is 1. The van der Waals surface area contributed by atoms with Gasteiger partial charge in [-0.1, -0.05) is 31.2 Å². The summed E-state index contributed by atoms with van der Waals surface area (Å²) in [5.41, 5.74) is -0.0799. The summed E-state index contributed by atoms with van der Waals surface area (Å²) in [6, 6.07) is 0. The first-order chi connectivity index (χ1) is 5.19. The second-order valence-electron chi connectivity index (χ2n) is 3.15. The Hall–Kier alpha value is -0.560. The van der Waals surface area contributed by atoms with Gasteiger partial charge in [-0.3, -0.25) is 0 Å². The molecule has 1 nitrogen and oxygen atoms in total. The van der Waals surface area contributed by atoms with Crippen LogP contribution in [0, 0.1) is 5.92 Å². The quantitative estimate of drug-likeness (QED) is 0.591. The van der Waals surface area contributed by atoms with Crippen molar-refractivity contribution in [2.24, 2.45) is 5.92 Å². The van der Waals surface area contributed by atoms with Crippen molar-refractivity contribution in [3.63, 3.8) is 0 Å². The van der Waals surface area contributed by atoms with Crippen molar-refractivity contribution in [1.29, 1.82) is 0 Å². The molecule has 0 N–H and O–H groups in total. The summed E-state index contributed by atoms with van der Waals surface area (Å²) in [6.45, 7) is 7.11. The van der Waals surface area contributed by atoms with Crippen LogP contribution in [0.15, 0.2) is 24.3 Å². The Labute approximate surface area is 68.8 Å². The zero-order valence-electron chi connectivity index (χ0n) is 7.50. The third-order valence-electron chi connectivity index (χ3n) is 2.30. The van der Waals surface area contributed by atoms with Crippen LogP contribution in [0.25, 0.3) is 0 Å². The molecule has 0 aromatic heterocycles. The molecular weight excluding hydrogens is 136 g/mol. The summed E-state index contributed by atoms with van der Waals surface area (Å²) in [4.78, 5) is 0. The Morgan fingerprint density at radius 2 is 2.18 bits per heavy atom. The minimum atomic E-state index is -0.0799. The predicted octanol–water partition coefficient (Wildman–Crippen LogP) is 2.54. The lowest BCUT2D eigenvalue weighted by Crippen LogP contribution is -2.34. The molecule has 1 aliphatic rings. The second-order valence-corrected chi connectivity index (χ2v) is 3.15. The van der Waals surface area contributed by atoms with E-state index < -0.39 is 0 Å². The van der Waals surface area contributed by atoms with Crippen molar-refractivity contribution in [3.8, 4) is 0 Å². The Kier molecular flexibility index (Phi) is 2.50. The van der Waals surface area contributed by atoms with E-state index in [0.717, 1.165) is 6.61 Å². The van der Waals surface area contributed by atoms with Gasteiger partial charge in [0.25, 0.3) is 0 Å². The molecule has 0 aliphatic heterocycles. The number of hydrogen-bond acceptors (Lipinski definition) is 1. The molecule has 0 aromatic carbocycles. The standard InChI is InChI=1S/C10H16O/c1-4-11-10(3)8-6-5-7-9(10)2/h5-9H,4H2,1-3H3. The number of allylic oxidation sites excluding steroid dienone is 2. The molecule has 0 aromatic rings. The molecule has 2 atom stereocenters. The van der Waals surface area contributed by atoms with E-state index in [1.54, 1.807) is 0 Å². The Morgan fingerprint density at radius 1 is 1.45 bits per heavy atom. The van der Waals surface area contributed by atoms with E-state index >= 15 is 0 Å². The predicted molar refractivity (Wildman–Crippen MR) is 47.5 cm³/mol. The molecule has 0 heterocycles. The highest BCUT2D eigenvalue weighted by atomic mass is 16.5. The topological polar surface area (TPSA) is 9.23 Å². The van der Waals surface area contributed by atoms with Crippen molar-refractivity contribution < 1.29 is 4.74 Å². The smallest absolute Gasteiger partial charge is 0.0897 e. The van der Waals surface area contributed by atoms with Crippen LogP contribution in [0.3, 0.4) is 0 Å². The molecule has 0 saturated heterocycles.